The molecule has 1 aromatic rings. The van der Waals surface area contributed by atoms with Crippen LogP contribution in [0.15, 0.2) is 18.2 Å². The van der Waals surface area contributed by atoms with Crippen LogP contribution in [0, 0.1) is 18.7 Å². The van der Waals surface area contributed by atoms with Crippen LogP contribution < -0.4 is 5.32 Å². The van der Waals surface area contributed by atoms with Gasteiger partial charge in [0.1, 0.15) is 5.82 Å². The monoisotopic (exact) mass is 250 g/mol. The maximum Gasteiger partial charge on any atom is 0.126 e. The Morgan fingerprint density at radius 1 is 1.44 bits per heavy atom. The maximum absolute atomic E-state index is 13.3. The van der Waals surface area contributed by atoms with Crippen molar-refractivity contribution in [1.29, 1.82) is 0 Å². The van der Waals surface area contributed by atoms with E-state index in [1.165, 1.54) is 12.0 Å². The van der Waals surface area contributed by atoms with Crippen molar-refractivity contribution in [2.75, 3.05) is 27.2 Å². The molecule has 0 saturated carbocycles. The molecular weight excluding hydrogens is 227 g/mol. The van der Waals surface area contributed by atoms with Gasteiger partial charge < -0.3 is 10.2 Å². The molecule has 1 N–H and O–H groups in total. The summed E-state index contributed by atoms with van der Waals surface area (Å²) in [5, 5.41) is 3.41. The normalized spacial score (nSPS) is 21.5. The first-order chi connectivity index (χ1) is 8.58. The highest BCUT2D eigenvalue weighted by atomic mass is 19.1. The molecule has 3 heteroatoms. The van der Waals surface area contributed by atoms with E-state index in [0.717, 1.165) is 31.0 Å². The first-order valence-electron chi connectivity index (χ1n) is 6.71. The molecule has 1 aromatic carbocycles. The molecule has 2 unspecified atom stereocenters. The lowest BCUT2D eigenvalue weighted by Crippen LogP contribution is -2.23. The zero-order valence-electron chi connectivity index (χ0n) is 11.5. The SMILES string of the molecule is Cc1cc(C(CC2CCNC2)N(C)C)ccc1F. The molecule has 1 heterocycles. The van der Waals surface area contributed by atoms with Gasteiger partial charge in [0.25, 0.3) is 0 Å². The van der Waals surface area contributed by atoms with E-state index in [4.69, 9.17) is 0 Å². The second-order valence-corrected chi connectivity index (χ2v) is 5.58. The zero-order valence-corrected chi connectivity index (χ0v) is 11.5. The minimum absolute atomic E-state index is 0.112. The number of hydrogen-bond acceptors (Lipinski definition) is 2. The largest absolute Gasteiger partial charge is 0.316 e. The van der Waals surface area contributed by atoms with Gasteiger partial charge in [-0.3, -0.25) is 0 Å². The Kier molecular flexibility index (Phi) is 4.36. The number of halogens is 1. The fourth-order valence-corrected chi connectivity index (χ4v) is 2.75. The third-order valence-electron chi connectivity index (χ3n) is 3.91. The summed E-state index contributed by atoms with van der Waals surface area (Å²) in [5.41, 5.74) is 1.97. The summed E-state index contributed by atoms with van der Waals surface area (Å²) in [6.07, 6.45) is 2.40. The second-order valence-electron chi connectivity index (χ2n) is 5.58. The predicted molar refractivity (Wildman–Crippen MR) is 73.2 cm³/mol. The van der Waals surface area contributed by atoms with E-state index in [1.54, 1.807) is 6.07 Å². The Hall–Kier alpha value is -0.930. The Morgan fingerprint density at radius 3 is 2.78 bits per heavy atom. The van der Waals surface area contributed by atoms with Gasteiger partial charge in [-0.15, -0.1) is 0 Å². The van der Waals surface area contributed by atoms with Crippen LogP contribution in [0.25, 0.3) is 0 Å². The molecule has 2 rings (SSSR count). The average molecular weight is 250 g/mol. The lowest BCUT2D eigenvalue weighted by Gasteiger charge is -2.27. The topological polar surface area (TPSA) is 15.3 Å². The van der Waals surface area contributed by atoms with E-state index in [2.05, 4.69) is 24.3 Å². The van der Waals surface area contributed by atoms with Crippen molar-refractivity contribution >= 4 is 0 Å². The molecule has 1 fully saturated rings. The van der Waals surface area contributed by atoms with Crippen molar-refractivity contribution in [3.8, 4) is 0 Å². The Bertz CT molecular complexity index is 397. The van der Waals surface area contributed by atoms with Crippen molar-refractivity contribution < 1.29 is 4.39 Å². The minimum Gasteiger partial charge on any atom is -0.316 e. The average Bonchev–Trinajstić information content (AvgIpc) is 2.82. The zero-order chi connectivity index (χ0) is 13.1. The molecule has 0 radical (unpaired) electrons. The van der Waals surface area contributed by atoms with Crippen molar-refractivity contribution in [1.82, 2.24) is 10.2 Å². The van der Waals surface area contributed by atoms with Crippen LogP contribution in [0.3, 0.4) is 0 Å². The molecule has 0 amide bonds. The molecule has 0 aromatic heterocycles. The Balaban J connectivity index is 2.15. The van der Waals surface area contributed by atoms with Crippen molar-refractivity contribution in [3.05, 3.63) is 35.1 Å². The van der Waals surface area contributed by atoms with E-state index in [-0.39, 0.29) is 5.82 Å². The summed E-state index contributed by atoms with van der Waals surface area (Å²) in [4.78, 5) is 2.24. The highest BCUT2D eigenvalue weighted by Gasteiger charge is 2.22. The Labute approximate surface area is 109 Å². The standard InChI is InChI=1S/C15H23FN2/c1-11-8-13(4-5-14(11)16)15(18(2)3)9-12-6-7-17-10-12/h4-5,8,12,15,17H,6-7,9-10H2,1-3H3. The van der Waals surface area contributed by atoms with Gasteiger partial charge in [-0.1, -0.05) is 12.1 Å². The number of rotatable bonds is 4. The van der Waals surface area contributed by atoms with Gasteiger partial charge in [0.05, 0.1) is 0 Å². The van der Waals surface area contributed by atoms with E-state index >= 15 is 0 Å². The van der Waals surface area contributed by atoms with Gasteiger partial charge in [0, 0.05) is 6.04 Å². The van der Waals surface area contributed by atoms with Crippen LogP contribution in [0.2, 0.25) is 0 Å². The van der Waals surface area contributed by atoms with Crippen LogP contribution in [0.4, 0.5) is 4.39 Å². The molecule has 0 bridgehead atoms. The summed E-state index contributed by atoms with van der Waals surface area (Å²) < 4.78 is 13.3. The smallest absolute Gasteiger partial charge is 0.126 e. The molecule has 1 aliphatic rings. The molecule has 2 atom stereocenters. The summed E-state index contributed by atoms with van der Waals surface area (Å²) in [7, 11) is 4.21. The number of benzene rings is 1. The van der Waals surface area contributed by atoms with Gasteiger partial charge in [0.2, 0.25) is 0 Å². The predicted octanol–water partition coefficient (Wildman–Crippen LogP) is 2.74. The van der Waals surface area contributed by atoms with Crippen LogP contribution >= 0.6 is 0 Å². The third-order valence-corrected chi connectivity index (χ3v) is 3.91. The second kappa shape index (κ2) is 5.81. The van der Waals surface area contributed by atoms with E-state index < -0.39 is 0 Å². The lowest BCUT2D eigenvalue weighted by atomic mass is 9.92. The fourth-order valence-electron chi connectivity index (χ4n) is 2.75. The molecular formula is C15H23FN2. The van der Waals surface area contributed by atoms with Gasteiger partial charge in [0.15, 0.2) is 0 Å². The highest BCUT2D eigenvalue weighted by Crippen LogP contribution is 2.29. The molecule has 18 heavy (non-hydrogen) atoms. The quantitative estimate of drug-likeness (QED) is 0.884. The maximum atomic E-state index is 13.3. The van der Waals surface area contributed by atoms with Gasteiger partial charge in [-0.05, 0) is 70.1 Å². The van der Waals surface area contributed by atoms with Crippen molar-refractivity contribution in [3.63, 3.8) is 0 Å². The van der Waals surface area contributed by atoms with Gasteiger partial charge in [-0.25, -0.2) is 4.39 Å². The van der Waals surface area contributed by atoms with Crippen molar-refractivity contribution in [2.24, 2.45) is 5.92 Å². The molecule has 0 aliphatic carbocycles. The van der Waals surface area contributed by atoms with Crippen molar-refractivity contribution in [2.45, 2.75) is 25.8 Å². The van der Waals surface area contributed by atoms with E-state index in [9.17, 15) is 4.39 Å². The highest BCUT2D eigenvalue weighted by molar-refractivity contribution is 5.26. The summed E-state index contributed by atoms with van der Waals surface area (Å²) in [6.45, 7) is 4.08. The van der Waals surface area contributed by atoms with Crippen LogP contribution in [-0.4, -0.2) is 32.1 Å². The number of hydrogen-bond donors (Lipinski definition) is 1. The summed E-state index contributed by atoms with van der Waals surface area (Å²) in [5.74, 6) is 0.626. The fraction of sp³-hybridized carbons (Fsp3) is 0.600. The van der Waals surface area contributed by atoms with Gasteiger partial charge in [-0.2, -0.15) is 0 Å². The molecule has 1 aliphatic heterocycles. The summed E-state index contributed by atoms with van der Waals surface area (Å²) >= 11 is 0. The first kappa shape index (κ1) is 13.5. The molecule has 0 spiro atoms. The molecule has 2 nitrogen and oxygen atoms in total. The van der Waals surface area contributed by atoms with Crippen LogP contribution in [-0.2, 0) is 0 Å². The van der Waals surface area contributed by atoms with Gasteiger partial charge >= 0.3 is 0 Å². The third kappa shape index (κ3) is 3.09. The number of aryl methyl sites for hydroxylation is 1. The Morgan fingerprint density at radius 2 is 2.22 bits per heavy atom. The molecule has 100 valence electrons. The van der Waals surface area contributed by atoms with E-state index in [0.29, 0.717) is 6.04 Å². The summed E-state index contributed by atoms with van der Waals surface area (Å²) in [6, 6.07) is 5.89. The van der Waals surface area contributed by atoms with E-state index in [1.807, 2.05) is 19.1 Å². The first-order valence-corrected chi connectivity index (χ1v) is 6.71. The molecule has 1 saturated heterocycles. The lowest BCUT2D eigenvalue weighted by molar-refractivity contribution is 0.253. The number of nitrogens with one attached hydrogen (secondary N) is 1. The van der Waals surface area contributed by atoms with Crippen LogP contribution in [0.1, 0.15) is 30.0 Å². The number of nitrogens with zero attached hydrogens (tertiary/aromatic N) is 1. The minimum atomic E-state index is -0.112. The van der Waals surface area contributed by atoms with Crippen LogP contribution in [0.5, 0.6) is 0 Å².